The van der Waals surface area contributed by atoms with Gasteiger partial charge in [0, 0.05) is 13.1 Å². The van der Waals surface area contributed by atoms with E-state index in [-0.39, 0.29) is 23.2 Å². The average molecular weight is 420 g/mol. The van der Waals surface area contributed by atoms with Crippen LogP contribution in [0, 0.1) is 11.7 Å². The first-order chi connectivity index (χ1) is 13.4. The van der Waals surface area contributed by atoms with Crippen molar-refractivity contribution >= 4 is 42.6 Å². The van der Waals surface area contributed by atoms with Gasteiger partial charge in [-0.25, -0.2) is 17.8 Å². The second-order valence-electron chi connectivity index (χ2n) is 6.64. The number of benzene rings is 2. The minimum absolute atomic E-state index is 0.128. The topological polar surface area (TPSA) is 79.4 Å². The van der Waals surface area contributed by atoms with E-state index in [9.17, 15) is 17.6 Å². The van der Waals surface area contributed by atoms with Gasteiger partial charge in [0.1, 0.15) is 5.82 Å². The van der Waals surface area contributed by atoms with Crippen LogP contribution in [0.25, 0.3) is 10.2 Å². The fourth-order valence-corrected chi connectivity index (χ4v) is 5.71. The lowest BCUT2D eigenvalue weighted by molar-refractivity contribution is -0.120. The molecule has 1 N–H and O–H groups in total. The Balaban J connectivity index is 1.48. The van der Waals surface area contributed by atoms with Gasteiger partial charge in [-0.05, 0) is 43.2 Å². The fourth-order valence-electron chi connectivity index (χ4n) is 3.28. The number of carbonyl (C=O) groups excluding carboxylic acids is 1. The second-order valence-corrected chi connectivity index (χ2v) is 9.60. The summed E-state index contributed by atoms with van der Waals surface area (Å²) in [5.41, 5.74) is 0.610. The summed E-state index contributed by atoms with van der Waals surface area (Å²) in [5.74, 6) is -1.09. The van der Waals surface area contributed by atoms with E-state index < -0.39 is 15.9 Å². The molecule has 3 aromatic rings. The molecule has 1 unspecified atom stereocenters. The number of thiazole rings is 1. The summed E-state index contributed by atoms with van der Waals surface area (Å²) in [6.07, 6.45) is 1.21. The molecule has 146 valence electrons. The van der Waals surface area contributed by atoms with Gasteiger partial charge in [0.05, 0.1) is 21.0 Å². The van der Waals surface area contributed by atoms with Crippen molar-refractivity contribution in [2.24, 2.45) is 5.92 Å². The van der Waals surface area contributed by atoms with Crippen LogP contribution in [0.15, 0.2) is 53.4 Å². The molecule has 1 aliphatic heterocycles. The summed E-state index contributed by atoms with van der Waals surface area (Å²) in [6.45, 7) is 0.518. The molecule has 28 heavy (non-hydrogen) atoms. The number of anilines is 1. The normalized spacial score (nSPS) is 18.2. The van der Waals surface area contributed by atoms with Gasteiger partial charge in [0.15, 0.2) is 5.13 Å². The maximum atomic E-state index is 13.3. The fraction of sp³-hybridized carbons (Fsp3) is 0.263. The molecule has 1 aliphatic rings. The summed E-state index contributed by atoms with van der Waals surface area (Å²) in [4.78, 5) is 17.2. The molecule has 0 radical (unpaired) electrons. The van der Waals surface area contributed by atoms with Crippen molar-refractivity contribution in [3.05, 3.63) is 54.3 Å². The highest BCUT2D eigenvalue weighted by Gasteiger charge is 2.33. The van der Waals surface area contributed by atoms with Crippen LogP contribution in [-0.2, 0) is 14.8 Å². The molecular formula is C19H18FN3O3S2. The Labute approximate surface area is 166 Å². The van der Waals surface area contributed by atoms with E-state index >= 15 is 0 Å². The first kappa shape index (κ1) is 19.0. The van der Waals surface area contributed by atoms with Crippen molar-refractivity contribution < 1.29 is 17.6 Å². The molecule has 9 heteroatoms. The number of halogens is 1. The molecule has 0 saturated carbocycles. The summed E-state index contributed by atoms with van der Waals surface area (Å²) in [7, 11) is -3.63. The number of carbonyl (C=O) groups is 1. The smallest absolute Gasteiger partial charge is 0.243 e. The molecule has 0 bridgehead atoms. The van der Waals surface area contributed by atoms with E-state index in [2.05, 4.69) is 10.3 Å². The first-order valence-corrected chi connectivity index (χ1v) is 11.1. The zero-order valence-corrected chi connectivity index (χ0v) is 16.5. The molecule has 1 saturated heterocycles. The lowest BCUT2D eigenvalue weighted by Gasteiger charge is -2.31. The highest BCUT2D eigenvalue weighted by atomic mass is 32.2. The molecule has 1 atom stereocenters. The Hall–Kier alpha value is -2.36. The molecule has 2 heterocycles. The maximum absolute atomic E-state index is 13.3. The number of fused-ring (bicyclic) bond motifs is 1. The van der Waals surface area contributed by atoms with Crippen LogP contribution in [0.2, 0.25) is 0 Å². The van der Waals surface area contributed by atoms with E-state index in [1.54, 1.807) is 36.4 Å². The van der Waals surface area contributed by atoms with Crippen LogP contribution in [0.4, 0.5) is 9.52 Å². The van der Waals surface area contributed by atoms with Crippen molar-refractivity contribution in [2.45, 2.75) is 17.7 Å². The van der Waals surface area contributed by atoms with Crippen molar-refractivity contribution in [2.75, 3.05) is 18.4 Å². The Kier molecular flexibility index (Phi) is 5.13. The van der Waals surface area contributed by atoms with Gasteiger partial charge in [0.25, 0.3) is 0 Å². The molecule has 1 amide bonds. The van der Waals surface area contributed by atoms with Gasteiger partial charge in [0.2, 0.25) is 15.9 Å². The Morgan fingerprint density at radius 3 is 2.79 bits per heavy atom. The quantitative estimate of drug-likeness (QED) is 0.702. The third kappa shape index (κ3) is 3.78. The third-order valence-electron chi connectivity index (χ3n) is 4.72. The van der Waals surface area contributed by atoms with E-state index in [1.807, 2.05) is 0 Å². The monoisotopic (exact) mass is 419 g/mol. The van der Waals surface area contributed by atoms with Gasteiger partial charge in [-0.1, -0.05) is 29.5 Å². The van der Waals surface area contributed by atoms with Crippen LogP contribution < -0.4 is 5.32 Å². The van der Waals surface area contributed by atoms with Gasteiger partial charge in [-0.15, -0.1) is 0 Å². The SMILES string of the molecule is O=C(Nc1nc2ccc(F)cc2s1)C1CCCN(S(=O)(=O)c2ccccc2)C1. The van der Waals surface area contributed by atoms with Crippen molar-refractivity contribution in [3.63, 3.8) is 0 Å². The standard InChI is InChI=1S/C19H18FN3O3S2/c20-14-8-9-16-17(11-14)27-19(21-16)22-18(24)13-5-4-10-23(12-13)28(25,26)15-6-2-1-3-7-15/h1-3,6-9,11,13H,4-5,10,12H2,(H,21,22,24). The van der Waals surface area contributed by atoms with E-state index in [4.69, 9.17) is 0 Å². The lowest BCUT2D eigenvalue weighted by atomic mass is 9.99. The summed E-state index contributed by atoms with van der Waals surface area (Å²) in [5, 5.41) is 3.14. The molecule has 1 aromatic heterocycles. The van der Waals surface area contributed by atoms with Crippen LogP contribution in [-0.4, -0.2) is 36.7 Å². The van der Waals surface area contributed by atoms with E-state index in [0.717, 1.165) is 0 Å². The number of hydrogen-bond acceptors (Lipinski definition) is 5. The zero-order valence-electron chi connectivity index (χ0n) is 14.8. The number of nitrogens with zero attached hydrogens (tertiary/aromatic N) is 2. The predicted octanol–water partition coefficient (Wildman–Crippen LogP) is 3.47. The highest BCUT2D eigenvalue weighted by Crippen LogP contribution is 2.28. The maximum Gasteiger partial charge on any atom is 0.243 e. The summed E-state index contributed by atoms with van der Waals surface area (Å²) < 4.78 is 41.0. The van der Waals surface area contributed by atoms with Crippen molar-refractivity contribution in [3.8, 4) is 0 Å². The molecular weight excluding hydrogens is 401 g/mol. The highest BCUT2D eigenvalue weighted by molar-refractivity contribution is 7.89. The molecule has 2 aromatic carbocycles. The van der Waals surface area contributed by atoms with E-state index in [1.165, 1.54) is 27.8 Å². The number of aromatic nitrogens is 1. The zero-order chi connectivity index (χ0) is 19.7. The molecule has 6 nitrogen and oxygen atoms in total. The van der Waals surface area contributed by atoms with Gasteiger partial charge < -0.3 is 5.32 Å². The van der Waals surface area contributed by atoms with E-state index in [0.29, 0.717) is 34.7 Å². The third-order valence-corrected chi connectivity index (χ3v) is 7.53. The minimum Gasteiger partial charge on any atom is -0.302 e. The van der Waals surface area contributed by atoms with Crippen molar-refractivity contribution in [1.82, 2.24) is 9.29 Å². The molecule has 1 fully saturated rings. The van der Waals surface area contributed by atoms with Crippen LogP contribution in [0.5, 0.6) is 0 Å². The molecule has 0 aliphatic carbocycles. The first-order valence-electron chi connectivity index (χ1n) is 8.85. The number of rotatable bonds is 4. The van der Waals surface area contributed by atoms with Crippen LogP contribution in [0.1, 0.15) is 12.8 Å². The minimum atomic E-state index is -3.63. The van der Waals surface area contributed by atoms with Crippen LogP contribution >= 0.6 is 11.3 Å². The number of nitrogens with one attached hydrogen (secondary N) is 1. The Morgan fingerprint density at radius 2 is 2.00 bits per heavy atom. The Morgan fingerprint density at radius 1 is 1.21 bits per heavy atom. The molecule has 4 rings (SSSR count). The summed E-state index contributed by atoms with van der Waals surface area (Å²) in [6, 6.07) is 12.5. The largest absolute Gasteiger partial charge is 0.302 e. The van der Waals surface area contributed by atoms with Gasteiger partial charge in [-0.2, -0.15) is 4.31 Å². The number of piperidine rings is 1. The number of hydrogen-bond donors (Lipinski definition) is 1. The van der Waals surface area contributed by atoms with Gasteiger partial charge in [-0.3, -0.25) is 4.79 Å². The van der Waals surface area contributed by atoms with Crippen LogP contribution in [0.3, 0.4) is 0 Å². The second kappa shape index (κ2) is 7.57. The lowest BCUT2D eigenvalue weighted by Crippen LogP contribution is -2.43. The molecule has 0 spiro atoms. The predicted molar refractivity (Wildman–Crippen MR) is 106 cm³/mol. The number of sulfonamides is 1. The van der Waals surface area contributed by atoms with Crippen molar-refractivity contribution in [1.29, 1.82) is 0 Å². The summed E-state index contributed by atoms with van der Waals surface area (Å²) >= 11 is 1.19. The average Bonchev–Trinajstić information content (AvgIpc) is 3.10. The number of amides is 1. The Bertz CT molecular complexity index is 1120. The van der Waals surface area contributed by atoms with Gasteiger partial charge >= 0.3 is 0 Å².